The summed E-state index contributed by atoms with van der Waals surface area (Å²) in [5.74, 6) is 0. The molecular formula is C21H32N2O3. The molecule has 1 aliphatic heterocycles. The first kappa shape index (κ1) is 20.5. The van der Waals surface area contributed by atoms with Crippen molar-refractivity contribution in [2.75, 3.05) is 0 Å². The van der Waals surface area contributed by atoms with E-state index in [-0.39, 0.29) is 24.3 Å². The van der Waals surface area contributed by atoms with Gasteiger partial charge >= 0.3 is 6.09 Å². The van der Waals surface area contributed by atoms with Crippen molar-refractivity contribution in [2.45, 2.75) is 77.6 Å². The Bertz CT molecular complexity index is 622. The van der Waals surface area contributed by atoms with E-state index in [9.17, 15) is 4.79 Å². The van der Waals surface area contributed by atoms with E-state index in [1.54, 1.807) is 4.90 Å². The lowest BCUT2D eigenvalue weighted by Crippen LogP contribution is -2.56. The molecule has 5 nitrogen and oxygen atoms in total. The lowest BCUT2D eigenvalue weighted by atomic mass is 10.0. The van der Waals surface area contributed by atoms with Crippen molar-refractivity contribution in [3.63, 3.8) is 0 Å². The van der Waals surface area contributed by atoms with E-state index in [0.717, 1.165) is 0 Å². The van der Waals surface area contributed by atoms with Crippen LogP contribution in [0.5, 0.6) is 0 Å². The van der Waals surface area contributed by atoms with E-state index in [1.807, 2.05) is 65.8 Å². The predicted octanol–water partition coefficient (Wildman–Crippen LogP) is 4.09. The lowest BCUT2D eigenvalue weighted by Gasteiger charge is -2.37. The Kier molecular flexibility index (Phi) is 6.14. The Labute approximate surface area is 157 Å². The Morgan fingerprint density at radius 1 is 1.38 bits per heavy atom. The number of benzene rings is 1. The minimum Gasteiger partial charge on any atom is -0.444 e. The molecule has 144 valence electrons. The molecule has 1 aliphatic rings. The predicted molar refractivity (Wildman–Crippen MR) is 104 cm³/mol. The molecule has 0 unspecified atom stereocenters. The lowest BCUT2D eigenvalue weighted by molar-refractivity contribution is -0.0758. The monoisotopic (exact) mass is 360 g/mol. The third-order valence-corrected chi connectivity index (χ3v) is 4.43. The van der Waals surface area contributed by atoms with Crippen LogP contribution in [-0.2, 0) is 16.0 Å². The molecule has 0 bridgehead atoms. The van der Waals surface area contributed by atoms with Crippen LogP contribution in [-0.4, -0.2) is 40.5 Å². The van der Waals surface area contributed by atoms with Crippen LogP contribution < -0.4 is 5.32 Å². The first-order valence-electron chi connectivity index (χ1n) is 9.15. The highest BCUT2D eigenvalue weighted by Gasteiger charge is 2.51. The summed E-state index contributed by atoms with van der Waals surface area (Å²) < 4.78 is 11.7. The molecule has 0 saturated carbocycles. The fourth-order valence-electron chi connectivity index (χ4n) is 3.43. The first-order chi connectivity index (χ1) is 12.0. The molecule has 1 amide bonds. The smallest absolute Gasteiger partial charge is 0.412 e. The highest BCUT2D eigenvalue weighted by Crippen LogP contribution is 2.35. The zero-order valence-electron chi connectivity index (χ0n) is 16.8. The summed E-state index contributed by atoms with van der Waals surface area (Å²) in [5, 5.41) is 3.50. The van der Waals surface area contributed by atoms with E-state index in [4.69, 9.17) is 9.47 Å². The van der Waals surface area contributed by atoms with E-state index in [1.165, 1.54) is 5.56 Å². The fraction of sp³-hybridized carbons (Fsp3) is 0.571. The average molecular weight is 360 g/mol. The average Bonchev–Trinajstić information content (AvgIpc) is 2.76. The van der Waals surface area contributed by atoms with Crippen LogP contribution in [0.4, 0.5) is 4.79 Å². The van der Waals surface area contributed by atoms with Crippen LogP contribution in [0.2, 0.25) is 0 Å². The summed E-state index contributed by atoms with van der Waals surface area (Å²) in [6.07, 6.45) is 1.32. The van der Waals surface area contributed by atoms with Gasteiger partial charge in [0, 0.05) is 12.6 Å². The Balaban J connectivity index is 2.20. The number of hydrogen-bond donors (Lipinski definition) is 1. The summed E-state index contributed by atoms with van der Waals surface area (Å²) in [5.41, 5.74) is -0.138. The maximum atomic E-state index is 12.9. The molecule has 0 aliphatic carbocycles. The van der Waals surface area contributed by atoms with Crippen LogP contribution in [0, 0.1) is 0 Å². The van der Waals surface area contributed by atoms with Gasteiger partial charge in [-0.3, -0.25) is 4.90 Å². The highest BCUT2D eigenvalue weighted by molar-refractivity contribution is 5.70. The summed E-state index contributed by atoms with van der Waals surface area (Å²) in [6.45, 7) is 16.0. The molecule has 1 fully saturated rings. The molecule has 1 saturated heterocycles. The van der Waals surface area contributed by atoms with Crippen molar-refractivity contribution < 1.29 is 14.3 Å². The van der Waals surface area contributed by atoms with E-state index >= 15 is 0 Å². The van der Waals surface area contributed by atoms with Gasteiger partial charge in [-0.25, -0.2) is 4.79 Å². The van der Waals surface area contributed by atoms with Crippen LogP contribution >= 0.6 is 0 Å². The number of carbonyl (C=O) groups is 1. The topological polar surface area (TPSA) is 50.8 Å². The largest absolute Gasteiger partial charge is 0.444 e. The molecule has 3 atom stereocenters. The van der Waals surface area contributed by atoms with E-state index < -0.39 is 11.3 Å². The summed E-state index contributed by atoms with van der Waals surface area (Å²) >= 11 is 0. The van der Waals surface area contributed by atoms with Crippen molar-refractivity contribution in [1.82, 2.24) is 10.2 Å². The number of hydrogen-bond acceptors (Lipinski definition) is 4. The second kappa shape index (κ2) is 7.80. The van der Waals surface area contributed by atoms with Gasteiger partial charge in [-0.15, -0.1) is 6.58 Å². The Morgan fingerprint density at radius 2 is 2.00 bits per heavy atom. The number of nitrogens with one attached hydrogen (secondary N) is 1. The standard InChI is InChI=1S/C21H32N2O3/c1-8-17(22-14-16-12-10-9-11-13-16)18-15(2)25-21(6,7)23(18)19(24)26-20(3,4)5/h8-13,15,17-18,22H,1,14H2,2-7H3/t15-,17+,18-/m1/s1. The van der Waals surface area contributed by atoms with Crippen LogP contribution in [0.15, 0.2) is 43.0 Å². The van der Waals surface area contributed by atoms with Crippen molar-refractivity contribution in [1.29, 1.82) is 0 Å². The number of nitrogens with zero attached hydrogens (tertiary/aromatic N) is 1. The van der Waals surface area contributed by atoms with Crippen molar-refractivity contribution in [2.24, 2.45) is 0 Å². The van der Waals surface area contributed by atoms with Gasteiger partial charge in [0.05, 0.1) is 12.1 Å². The van der Waals surface area contributed by atoms with Gasteiger partial charge in [0.15, 0.2) is 0 Å². The normalized spacial score (nSPS) is 23.5. The third-order valence-electron chi connectivity index (χ3n) is 4.43. The molecule has 26 heavy (non-hydrogen) atoms. The molecule has 1 N–H and O–H groups in total. The van der Waals surface area contributed by atoms with E-state index in [0.29, 0.717) is 6.54 Å². The minimum absolute atomic E-state index is 0.125. The number of carbonyl (C=O) groups excluding carboxylic acids is 1. The molecule has 0 spiro atoms. The Hall–Kier alpha value is -1.85. The minimum atomic E-state index is -0.748. The van der Waals surface area contributed by atoms with Crippen LogP contribution in [0.3, 0.4) is 0 Å². The van der Waals surface area contributed by atoms with Crippen molar-refractivity contribution in [3.05, 3.63) is 48.6 Å². The molecule has 1 heterocycles. The maximum Gasteiger partial charge on any atom is 0.412 e. The second-order valence-electron chi connectivity index (χ2n) is 8.24. The van der Waals surface area contributed by atoms with Crippen LogP contribution in [0.1, 0.15) is 47.1 Å². The SMILES string of the molecule is C=C[C@H](NCc1ccccc1)[C@H]1[C@@H](C)OC(C)(C)N1C(=O)OC(C)(C)C. The molecule has 0 radical (unpaired) electrons. The van der Waals surface area contributed by atoms with E-state index in [2.05, 4.69) is 24.0 Å². The number of amides is 1. The van der Waals surface area contributed by atoms with Gasteiger partial charge in [-0.2, -0.15) is 0 Å². The summed E-state index contributed by atoms with van der Waals surface area (Å²) in [7, 11) is 0. The van der Waals surface area contributed by atoms with Gasteiger partial charge in [0.1, 0.15) is 11.3 Å². The first-order valence-corrected chi connectivity index (χ1v) is 9.15. The zero-order valence-corrected chi connectivity index (χ0v) is 16.8. The quantitative estimate of drug-likeness (QED) is 0.804. The van der Waals surface area contributed by atoms with Gasteiger partial charge in [0.2, 0.25) is 0 Å². The number of rotatable bonds is 5. The van der Waals surface area contributed by atoms with Crippen molar-refractivity contribution in [3.8, 4) is 0 Å². The fourth-order valence-corrected chi connectivity index (χ4v) is 3.43. The maximum absolute atomic E-state index is 12.9. The molecule has 1 aromatic rings. The third kappa shape index (κ3) is 4.86. The van der Waals surface area contributed by atoms with Crippen LogP contribution in [0.25, 0.3) is 0 Å². The molecule has 2 rings (SSSR count). The van der Waals surface area contributed by atoms with Crippen molar-refractivity contribution >= 4 is 6.09 Å². The molecule has 0 aromatic heterocycles. The molecular weight excluding hydrogens is 328 g/mol. The van der Waals surface area contributed by atoms with Gasteiger partial charge in [-0.05, 0) is 47.1 Å². The second-order valence-corrected chi connectivity index (χ2v) is 8.24. The van der Waals surface area contributed by atoms with Gasteiger partial charge in [0.25, 0.3) is 0 Å². The summed E-state index contributed by atoms with van der Waals surface area (Å²) in [6, 6.07) is 9.82. The zero-order chi connectivity index (χ0) is 19.5. The molecule has 5 heteroatoms. The highest BCUT2D eigenvalue weighted by atomic mass is 16.6. The Morgan fingerprint density at radius 3 is 2.54 bits per heavy atom. The molecule has 1 aromatic carbocycles. The summed E-state index contributed by atoms with van der Waals surface area (Å²) in [4.78, 5) is 14.6. The van der Waals surface area contributed by atoms with Gasteiger partial charge in [-0.1, -0.05) is 36.4 Å². The number of ether oxygens (including phenoxy) is 2. The van der Waals surface area contributed by atoms with Gasteiger partial charge < -0.3 is 14.8 Å².